The molecule has 0 N–H and O–H groups in total. The maximum Gasteiger partial charge on any atom is 0.197 e. The molecule has 0 saturated carbocycles. The van der Waals surface area contributed by atoms with Gasteiger partial charge in [0.15, 0.2) is 5.43 Å². The van der Waals surface area contributed by atoms with Crippen molar-refractivity contribution >= 4 is 54.0 Å². The predicted molar refractivity (Wildman–Crippen MR) is 95.1 cm³/mol. The Morgan fingerprint density at radius 3 is 2.36 bits per heavy atom. The number of nitrogens with zero attached hydrogens (tertiary/aromatic N) is 1. The molecule has 0 aliphatic heterocycles. The van der Waals surface area contributed by atoms with Crippen LogP contribution in [0, 0.1) is 0 Å². The first-order valence-electron chi connectivity index (χ1n) is 7.12. The molecule has 0 saturated heterocycles. The van der Waals surface area contributed by atoms with E-state index in [0.717, 1.165) is 42.6 Å². The highest BCUT2D eigenvalue weighted by molar-refractivity contribution is 9.10. The molecule has 0 unspecified atom stereocenters. The Labute approximate surface area is 134 Å². The SMILES string of the molecule is O=c1c2ccccc2n2c3ccc(Br)cc3c3cccc1c32. The van der Waals surface area contributed by atoms with Crippen molar-refractivity contribution in [2.45, 2.75) is 0 Å². The molecule has 0 aliphatic rings. The lowest BCUT2D eigenvalue weighted by Gasteiger charge is -2.06. The van der Waals surface area contributed by atoms with Gasteiger partial charge < -0.3 is 4.40 Å². The van der Waals surface area contributed by atoms with E-state index in [2.05, 4.69) is 38.5 Å². The van der Waals surface area contributed by atoms with Crippen LogP contribution in [0.4, 0.5) is 0 Å². The Hall–Kier alpha value is -2.39. The first kappa shape index (κ1) is 12.2. The predicted octanol–water partition coefficient (Wildman–Crippen LogP) is 4.96. The number of aromatic nitrogens is 1. The van der Waals surface area contributed by atoms with Crippen molar-refractivity contribution in [3.63, 3.8) is 0 Å². The molecule has 0 atom stereocenters. The summed E-state index contributed by atoms with van der Waals surface area (Å²) in [5.41, 5.74) is 3.22. The van der Waals surface area contributed by atoms with Gasteiger partial charge in [0, 0.05) is 26.0 Å². The van der Waals surface area contributed by atoms with Gasteiger partial charge in [-0.15, -0.1) is 0 Å². The van der Waals surface area contributed by atoms with Crippen molar-refractivity contribution in [3.05, 3.63) is 75.4 Å². The van der Waals surface area contributed by atoms with Crippen molar-refractivity contribution in [1.82, 2.24) is 4.40 Å². The van der Waals surface area contributed by atoms with Crippen LogP contribution in [-0.2, 0) is 0 Å². The molecule has 2 heterocycles. The first-order valence-corrected chi connectivity index (χ1v) is 7.92. The summed E-state index contributed by atoms with van der Waals surface area (Å²) in [6.45, 7) is 0. The van der Waals surface area contributed by atoms with Gasteiger partial charge >= 0.3 is 0 Å². The Morgan fingerprint density at radius 2 is 1.45 bits per heavy atom. The second-order valence-corrected chi connectivity index (χ2v) is 6.46. The van der Waals surface area contributed by atoms with Crippen molar-refractivity contribution < 1.29 is 0 Å². The average Bonchev–Trinajstić information content (AvgIpc) is 2.87. The van der Waals surface area contributed by atoms with Gasteiger partial charge in [0.05, 0.1) is 16.6 Å². The van der Waals surface area contributed by atoms with E-state index in [9.17, 15) is 4.79 Å². The highest BCUT2D eigenvalue weighted by atomic mass is 79.9. The molecule has 0 aliphatic carbocycles. The Morgan fingerprint density at radius 1 is 0.727 bits per heavy atom. The van der Waals surface area contributed by atoms with E-state index in [1.165, 1.54) is 0 Å². The summed E-state index contributed by atoms with van der Waals surface area (Å²) in [5, 5.41) is 3.83. The minimum Gasteiger partial charge on any atom is -0.308 e. The molecule has 104 valence electrons. The third kappa shape index (κ3) is 1.37. The van der Waals surface area contributed by atoms with Gasteiger partial charge in [-0.05, 0) is 36.4 Å². The van der Waals surface area contributed by atoms with Gasteiger partial charge in [0.2, 0.25) is 0 Å². The molecule has 2 aromatic heterocycles. The quantitative estimate of drug-likeness (QED) is 0.363. The van der Waals surface area contributed by atoms with E-state index >= 15 is 0 Å². The summed E-state index contributed by atoms with van der Waals surface area (Å²) >= 11 is 3.55. The van der Waals surface area contributed by atoms with E-state index < -0.39 is 0 Å². The molecule has 0 amide bonds. The highest BCUT2D eigenvalue weighted by Gasteiger charge is 2.16. The van der Waals surface area contributed by atoms with Crippen LogP contribution in [0.2, 0.25) is 0 Å². The van der Waals surface area contributed by atoms with Crippen molar-refractivity contribution in [1.29, 1.82) is 0 Å². The van der Waals surface area contributed by atoms with Gasteiger partial charge in [0.1, 0.15) is 0 Å². The lowest BCUT2D eigenvalue weighted by Crippen LogP contribution is -2.05. The molecular weight excluding hydrogens is 338 g/mol. The summed E-state index contributed by atoms with van der Waals surface area (Å²) in [6, 6.07) is 20.1. The minimum atomic E-state index is 0.107. The number of hydrogen-bond donors (Lipinski definition) is 0. The van der Waals surface area contributed by atoms with Gasteiger partial charge in [-0.3, -0.25) is 4.79 Å². The fraction of sp³-hybridized carbons (Fsp3) is 0. The van der Waals surface area contributed by atoms with E-state index in [-0.39, 0.29) is 5.43 Å². The summed E-state index contributed by atoms with van der Waals surface area (Å²) in [7, 11) is 0. The monoisotopic (exact) mass is 347 g/mol. The van der Waals surface area contributed by atoms with Gasteiger partial charge in [-0.25, -0.2) is 0 Å². The number of para-hydroxylation sites is 2. The fourth-order valence-corrected chi connectivity index (χ4v) is 3.84. The molecular formula is C19H10BrNO. The second kappa shape index (κ2) is 4.08. The maximum atomic E-state index is 12.8. The van der Waals surface area contributed by atoms with E-state index in [1.807, 2.05) is 42.5 Å². The smallest absolute Gasteiger partial charge is 0.197 e. The Bertz CT molecular complexity index is 1250. The topological polar surface area (TPSA) is 21.5 Å². The van der Waals surface area contributed by atoms with Crippen molar-refractivity contribution in [2.75, 3.05) is 0 Å². The number of hydrogen-bond acceptors (Lipinski definition) is 1. The van der Waals surface area contributed by atoms with Gasteiger partial charge in [0.25, 0.3) is 0 Å². The summed E-state index contributed by atoms with van der Waals surface area (Å²) < 4.78 is 3.26. The number of pyridine rings is 1. The van der Waals surface area contributed by atoms with Crippen molar-refractivity contribution in [2.24, 2.45) is 0 Å². The molecule has 3 heteroatoms. The Balaban J connectivity index is 2.30. The zero-order valence-electron chi connectivity index (χ0n) is 11.5. The average molecular weight is 348 g/mol. The van der Waals surface area contributed by atoms with Crippen molar-refractivity contribution in [3.8, 4) is 0 Å². The standard InChI is InChI=1S/C19H10BrNO/c20-11-8-9-17-15(10-11)12-5-3-6-14-18(12)21(17)16-7-2-1-4-13(16)19(14)22/h1-10H. The van der Waals surface area contributed by atoms with Crippen LogP contribution in [-0.4, -0.2) is 4.40 Å². The molecule has 0 fully saturated rings. The van der Waals surface area contributed by atoms with Crippen LogP contribution in [0.25, 0.3) is 38.1 Å². The first-order chi connectivity index (χ1) is 10.8. The molecule has 0 bridgehead atoms. The van der Waals surface area contributed by atoms with Gasteiger partial charge in [-0.2, -0.15) is 0 Å². The summed E-state index contributed by atoms with van der Waals surface area (Å²) in [5.74, 6) is 0. The molecule has 5 aromatic rings. The minimum absolute atomic E-state index is 0.107. The third-order valence-corrected chi connectivity index (χ3v) is 4.88. The second-order valence-electron chi connectivity index (χ2n) is 5.54. The number of fused-ring (bicyclic) bond motifs is 5. The molecule has 3 aromatic carbocycles. The fourth-order valence-electron chi connectivity index (χ4n) is 3.48. The lowest BCUT2D eigenvalue weighted by atomic mass is 10.1. The summed E-state index contributed by atoms with van der Waals surface area (Å²) in [6.07, 6.45) is 0. The van der Waals surface area contributed by atoms with E-state index in [4.69, 9.17) is 0 Å². The van der Waals surface area contributed by atoms with Crippen LogP contribution in [0.5, 0.6) is 0 Å². The van der Waals surface area contributed by atoms with Crippen LogP contribution < -0.4 is 5.43 Å². The third-order valence-electron chi connectivity index (χ3n) is 4.38. The molecule has 0 radical (unpaired) electrons. The maximum absolute atomic E-state index is 12.8. The van der Waals surface area contributed by atoms with Gasteiger partial charge in [-0.1, -0.05) is 40.2 Å². The molecule has 5 rings (SSSR count). The molecule has 0 spiro atoms. The largest absolute Gasteiger partial charge is 0.308 e. The lowest BCUT2D eigenvalue weighted by molar-refractivity contribution is 1.34. The normalized spacial score (nSPS) is 12.0. The zero-order valence-corrected chi connectivity index (χ0v) is 13.1. The zero-order chi connectivity index (χ0) is 14.8. The van der Waals surface area contributed by atoms with E-state index in [1.54, 1.807) is 0 Å². The van der Waals surface area contributed by atoms with Crippen LogP contribution >= 0.6 is 15.9 Å². The molecule has 2 nitrogen and oxygen atoms in total. The van der Waals surface area contributed by atoms with Crippen LogP contribution in [0.1, 0.15) is 0 Å². The Kier molecular flexibility index (Phi) is 2.26. The number of rotatable bonds is 0. The summed E-state index contributed by atoms with van der Waals surface area (Å²) in [4.78, 5) is 12.8. The number of halogens is 1. The van der Waals surface area contributed by atoms with Crippen LogP contribution in [0.15, 0.2) is 69.9 Å². The highest BCUT2D eigenvalue weighted by Crippen LogP contribution is 2.34. The van der Waals surface area contributed by atoms with E-state index in [0.29, 0.717) is 0 Å². The molecule has 22 heavy (non-hydrogen) atoms. The number of benzene rings is 3. The van der Waals surface area contributed by atoms with Crippen LogP contribution in [0.3, 0.4) is 0 Å².